The summed E-state index contributed by atoms with van der Waals surface area (Å²) in [4.78, 5) is 17.2. The van der Waals surface area contributed by atoms with Gasteiger partial charge in [0.2, 0.25) is 0 Å². The highest BCUT2D eigenvalue weighted by Crippen LogP contribution is 2.41. The van der Waals surface area contributed by atoms with Crippen molar-refractivity contribution in [2.24, 2.45) is 11.3 Å². The summed E-state index contributed by atoms with van der Waals surface area (Å²) in [5, 5.41) is 3.94. The first-order chi connectivity index (χ1) is 14.0. The summed E-state index contributed by atoms with van der Waals surface area (Å²) in [5.41, 5.74) is 2.51. The Kier molecular flexibility index (Phi) is 6.26. The Morgan fingerprint density at radius 1 is 1.14 bits per heavy atom. The molecule has 5 heteroatoms. The van der Waals surface area contributed by atoms with Crippen LogP contribution in [0.1, 0.15) is 49.0 Å². The van der Waals surface area contributed by atoms with Crippen LogP contribution in [0.4, 0.5) is 0 Å². The first kappa shape index (κ1) is 20.4. The zero-order valence-electron chi connectivity index (χ0n) is 17.6. The van der Waals surface area contributed by atoms with Gasteiger partial charge in [-0.05, 0) is 54.7 Å². The molecule has 0 N–H and O–H groups in total. The van der Waals surface area contributed by atoms with Crippen LogP contribution in [0.2, 0.25) is 0 Å². The maximum atomic E-state index is 12.6. The highest BCUT2D eigenvalue weighted by molar-refractivity contribution is 7.08. The summed E-state index contributed by atoms with van der Waals surface area (Å²) < 4.78 is 6.05. The van der Waals surface area contributed by atoms with E-state index in [0.29, 0.717) is 11.3 Å². The van der Waals surface area contributed by atoms with Crippen LogP contribution < -0.4 is 4.74 Å². The summed E-state index contributed by atoms with van der Waals surface area (Å²) in [6.07, 6.45) is 3.47. The van der Waals surface area contributed by atoms with E-state index in [9.17, 15) is 4.79 Å². The normalized spacial score (nSPS) is 19.2. The molecule has 0 radical (unpaired) electrons. The van der Waals surface area contributed by atoms with Crippen molar-refractivity contribution in [2.45, 2.75) is 39.7 Å². The summed E-state index contributed by atoms with van der Waals surface area (Å²) in [7, 11) is 0. The first-order valence-corrected chi connectivity index (χ1v) is 11.7. The number of likely N-dealkylation sites (tertiary alicyclic amines) is 2. The standard InChI is InChI=1S/C24H32N2O2S/c1-19(2)16-28-22-6-4-3-5-20(22)15-25-11-8-24(18-25)9-12-26(13-10-24)23(27)21-7-14-29-17-21/h3-7,14,17,19H,8-13,15-16,18H2,1-2H3. The van der Waals surface area contributed by atoms with Crippen molar-refractivity contribution in [3.8, 4) is 5.75 Å². The topological polar surface area (TPSA) is 32.8 Å². The molecule has 3 heterocycles. The molecule has 2 aromatic rings. The third-order valence-electron chi connectivity index (χ3n) is 6.34. The molecular formula is C24H32N2O2S. The van der Waals surface area contributed by atoms with E-state index in [4.69, 9.17) is 4.74 Å². The van der Waals surface area contributed by atoms with Crippen LogP contribution in [0.15, 0.2) is 41.1 Å². The number of piperidine rings is 1. The van der Waals surface area contributed by atoms with Crippen LogP contribution in [0.25, 0.3) is 0 Å². The van der Waals surface area contributed by atoms with Crippen molar-refractivity contribution in [1.82, 2.24) is 9.80 Å². The second kappa shape index (κ2) is 8.88. The van der Waals surface area contributed by atoms with Crippen molar-refractivity contribution in [2.75, 3.05) is 32.8 Å². The minimum absolute atomic E-state index is 0.201. The van der Waals surface area contributed by atoms with E-state index in [0.717, 1.165) is 63.5 Å². The Labute approximate surface area is 178 Å². The molecule has 2 fully saturated rings. The molecule has 1 amide bonds. The van der Waals surface area contributed by atoms with Gasteiger partial charge in [-0.1, -0.05) is 32.0 Å². The van der Waals surface area contributed by atoms with Gasteiger partial charge in [-0.15, -0.1) is 0 Å². The summed E-state index contributed by atoms with van der Waals surface area (Å²) in [6.45, 7) is 10.1. The SMILES string of the molecule is CC(C)COc1ccccc1CN1CCC2(CCN(C(=O)c3ccsc3)CC2)C1. The second-order valence-electron chi connectivity index (χ2n) is 9.08. The molecule has 0 bridgehead atoms. The molecule has 4 rings (SSSR count). The predicted molar refractivity (Wildman–Crippen MR) is 119 cm³/mol. The molecule has 2 aliphatic rings. The number of para-hydroxylation sites is 1. The summed E-state index contributed by atoms with van der Waals surface area (Å²) in [5.74, 6) is 1.76. The summed E-state index contributed by atoms with van der Waals surface area (Å²) in [6, 6.07) is 10.4. The lowest BCUT2D eigenvalue weighted by Gasteiger charge is -2.39. The number of rotatable bonds is 6. The lowest BCUT2D eigenvalue weighted by Crippen LogP contribution is -2.44. The fraction of sp³-hybridized carbons (Fsp3) is 0.542. The molecule has 0 unspecified atom stereocenters. The van der Waals surface area contributed by atoms with Gasteiger partial charge in [0, 0.05) is 37.1 Å². The van der Waals surface area contributed by atoms with E-state index in [1.807, 2.05) is 21.7 Å². The van der Waals surface area contributed by atoms with Crippen molar-refractivity contribution in [3.05, 3.63) is 52.2 Å². The van der Waals surface area contributed by atoms with E-state index in [1.165, 1.54) is 12.0 Å². The van der Waals surface area contributed by atoms with Gasteiger partial charge in [0.25, 0.3) is 5.91 Å². The number of benzene rings is 1. The molecule has 2 saturated heterocycles. The van der Waals surface area contributed by atoms with Crippen molar-refractivity contribution in [1.29, 1.82) is 0 Å². The number of hydrogen-bond acceptors (Lipinski definition) is 4. The van der Waals surface area contributed by atoms with Gasteiger partial charge in [-0.25, -0.2) is 0 Å². The summed E-state index contributed by atoms with van der Waals surface area (Å²) >= 11 is 1.59. The third kappa shape index (κ3) is 4.84. The van der Waals surface area contributed by atoms with Gasteiger partial charge in [0.15, 0.2) is 0 Å². The monoisotopic (exact) mass is 412 g/mol. The van der Waals surface area contributed by atoms with Crippen LogP contribution in [-0.2, 0) is 6.54 Å². The van der Waals surface area contributed by atoms with Gasteiger partial charge in [-0.2, -0.15) is 11.3 Å². The largest absolute Gasteiger partial charge is 0.493 e. The number of thiophene rings is 1. The Hall–Kier alpha value is -1.85. The highest BCUT2D eigenvalue weighted by Gasteiger charge is 2.41. The van der Waals surface area contributed by atoms with E-state index >= 15 is 0 Å². The minimum Gasteiger partial charge on any atom is -0.493 e. The smallest absolute Gasteiger partial charge is 0.254 e. The number of ether oxygens (including phenoxy) is 1. The maximum absolute atomic E-state index is 12.6. The zero-order chi connectivity index (χ0) is 20.3. The van der Waals surface area contributed by atoms with Gasteiger partial charge < -0.3 is 9.64 Å². The molecule has 1 spiro atoms. The van der Waals surface area contributed by atoms with Crippen molar-refractivity contribution >= 4 is 17.2 Å². The highest BCUT2D eigenvalue weighted by atomic mass is 32.1. The molecule has 2 aliphatic heterocycles. The molecule has 0 aliphatic carbocycles. The Morgan fingerprint density at radius 2 is 1.90 bits per heavy atom. The molecular weight excluding hydrogens is 380 g/mol. The number of carbonyl (C=O) groups excluding carboxylic acids is 1. The lowest BCUT2D eigenvalue weighted by atomic mass is 9.77. The molecule has 4 nitrogen and oxygen atoms in total. The maximum Gasteiger partial charge on any atom is 0.254 e. The number of nitrogens with zero attached hydrogens (tertiary/aromatic N) is 2. The number of carbonyl (C=O) groups is 1. The predicted octanol–water partition coefficient (Wildman–Crippen LogP) is 4.91. The average molecular weight is 413 g/mol. The van der Waals surface area contributed by atoms with Crippen LogP contribution in [0.5, 0.6) is 5.75 Å². The van der Waals surface area contributed by atoms with E-state index in [1.54, 1.807) is 11.3 Å². The zero-order valence-corrected chi connectivity index (χ0v) is 18.4. The molecule has 1 aromatic carbocycles. The fourth-order valence-electron chi connectivity index (χ4n) is 4.60. The van der Waals surface area contributed by atoms with Crippen LogP contribution in [0.3, 0.4) is 0 Å². The quantitative estimate of drug-likeness (QED) is 0.676. The third-order valence-corrected chi connectivity index (χ3v) is 7.02. The fourth-order valence-corrected chi connectivity index (χ4v) is 5.23. The van der Waals surface area contributed by atoms with Crippen molar-refractivity contribution in [3.63, 3.8) is 0 Å². The second-order valence-corrected chi connectivity index (χ2v) is 9.86. The van der Waals surface area contributed by atoms with Gasteiger partial charge >= 0.3 is 0 Å². The molecule has 0 saturated carbocycles. The molecule has 0 atom stereocenters. The Morgan fingerprint density at radius 3 is 2.62 bits per heavy atom. The first-order valence-electron chi connectivity index (χ1n) is 10.8. The van der Waals surface area contributed by atoms with Crippen molar-refractivity contribution < 1.29 is 9.53 Å². The Bertz CT molecular complexity index is 810. The van der Waals surface area contributed by atoms with Crippen LogP contribution in [0, 0.1) is 11.3 Å². The van der Waals surface area contributed by atoms with E-state index in [2.05, 4.69) is 43.0 Å². The van der Waals surface area contributed by atoms with Gasteiger partial charge in [-0.3, -0.25) is 9.69 Å². The average Bonchev–Trinajstić information content (AvgIpc) is 3.38. The van der Waals surface area contributed by atoms with E-state index in [-0.39, 0.29) is 5.91 Å². The lowest BCUT2D eigenvalue weighted by molar-refractivity contribution is 0.0588. The van der Waals surface area contributed by atoms with Gasteiger partial charge in [0.05, 0.1) is 12.2 Å². The van der Waals surface area contributed by atoms with Crippen LogP contribution >= 0.6 is 11.3 Å². The molecule has 29 heavy (non-hydrogen) atoms. The van der Waals surface area contributed by atoms with Gasteiger partial charge in [0.1, 0.15) is 5.75 Å². The minimum atomic E-state index is 0.201. The number of hydrogen-bond donors (Lipinski definition) is 0. The molecule has 156 valence electrons. The van der Waals surface area contributed by atoms with Crippen LogP contribution in [-0.4, -0.2) is 48.5 Å². The Balaban J connectivity index is 1.33. The molecule has 1 aromatic heterocycles. The van der Waals surface area contributed by atoms with E-state index < -0.39 is 0 Å². The number of amides is 1.